The average molecular weight is 551 g/mol. The van der Waals surface area contributed by atoms with E-state index < -0.39 is 0 Å². The maximum atomic E-state index is 13.4. The molecule has 0 atom stereocenters. The normalized spacial score (nSPS) is 14.6. The lowest BCUT2D eigenvalue weighted by Gasteiger charge is -2.14. The van der Waals surface area contributed by atoms with Crippen LogP contribution in [-0.2, 0) is 17.8 Å². The Bertz CT molecular complexity index is 1540. The van der Waals surface area contributed by atoms with Crippen molar-refractivity contribution in [3.8, 4) is 5.75 Å². The summed E-state index contributed by atoms with van der Waals surface area (Å²) >= 11 is 18.1. The quantitative estimate of drug-likeness (QED) is 0.195. The van der Waals surface area contributed by atoms with Crippen LogP contribution in [0.2, 0.25) is 10.0 Å². The number of nitrogens with one attached hydrogen (secondary N) is 1. The van der Waals surface area contributed by atoms with Crippen LogP contribution in [0.3, 0.4) is 0 Å². The molecule has 1 amide bonds. The van der Waals surface area contributed by atoms with Crippen LogP contribution in [0, 0.1) is 0 Å². The van der Waals surface area contributed by atoms with E-state index in [9.17, 15) is 4.79 Å². The zero-order valence-corrected chi connectivity index (χ0v) is 22.8. The van der Waals surface area contributed by atoms with E-state index in [1.165, 1.54) is 10.5 Å². The van der Waals surface area contributed by atoms with Gasteiger partial charge >= 0.3 is 0 Å². The maximum Gasteiger partial charge on any atom is 0.281 e. The van der Waals surface area contributed by atoms with Crippen LogP contribution < -0.4 is 15.0 Å². The number of carbonyl (C=O) groups excluding carboxylic acids is 1. The molecule has 37 heavy (non-hydrogen) atoms. The molecule has 0 spiro atoms. The van der Waals surface area contributed by atoms with Gasteiger partial charge in [0.1, 0.15) is 11.4 Å². The van der Waals surface area contributed by atoms with Gasteiger partial charge in [-0.3, -0.25) is 9.69 Å². The molecule has 0 aliphatic carbocycles. The lowest BCUT2D eigenvalue weighted by atomic mass is 10.1. The van der Waals surface area contributed by atoms with E-state index in [4.69, 9.17) is 40.2 Å². The number of ether oxygens (including phenoxy) is 1. The Morgan fingerprint density at radius 3 is 2.51 bits per heavy atom. The van der Waals surface area contributed by atoms with Gasteiger partial charge in [-0.05, 0) is 79.2 Å². The van der Waals surface area contributed by atoms with Crippen LogP contribution in [0.5, 0.6) is 5.75 Å². The summed E-state index contributed by atoms with van der Waals surface area (Å²) in [6.45, 7) is 5.21. The van der Waals surface area contributed by atoms with Gasteiger partial charge in [-0.1, -0.05) is 54.4 Å². The summed E-state index contributed by atoms with van der Waals surface area (Å²) in [6, 6.07) is 19.1. The Labute approximate surface area is 231 Å². The number of benzene rings is 3. The van der Waals surface area contributed by atoms with Crippen molar-refractivity contribution in [3.05, 3.63) is 99.3 Å². The van der Waals surface area contributed by atoms with Crippen molar-refractivity contribution in [3.63, 3.8) is 0 Å². The third-order valence-corrected chi connectivity index (χ3v) is 7.20. The van der Waals surface area contributed by atoms with Gasteiger partial charge in [0.25, 0.3) is 5.91 Å². The summed E-state index contributed by atoms with van der Waals surface area (Å²) < 4.78 is 7.69. The van der Waals surface area contributed by atoms with Crippen molar-refractivity contribution in [2.75, 3.05) is 11.5 Å². The van der Waals surface area contributed by atoms with Crippen molar-refractivity contribution in [2.24, 2.45) is 0 Å². The zero-order valence-electron chi connectivity index (χ0n) is 20.4. The smallest absolute Gasteiger partial charge is 0.281 e. The molecule has 1 N–H and O–H groups in total. The molecule has 2 heterocycles. The molecule has 1 aromatic heterocycles. The van der Waals surface area contributed by atoms with Crippen molar-refractivity contribution < 1.29 is 9.53 Å². The topological polar surface area (TPSA) is 46.5 Å². The summed E-state index contributed by atoms with van der Waals surface area (Å²) in [6.07, 6.45) is 4.79. The number of amides is 1. The van der Waals surface area contributed by atoms with E-state index in [1.54, 1.807) is 6.07 Å². The van der Waals surface area contributed by atoms with Gasteiger partial charge in [-0.2, -0.15) is 0 Å². The first-order valence-electron chi connectivity index (χ1n) is 12.0. The number of anilines is 1. The van der Waals surface area contributed by atoms with Crippen molar-refractivity contribution in [1.82, 2.24) is 9.88 Å². The van der Waals surface area contributed by atoms with Crippen LogP contribution >= 0.6 is 35.4 Å². The molecule has 0 saturated carbocycles. The SMILES string of the molecule is CCOc1ccc(N2C(=O)/C(=C/c3cn(Cc4ccc(Cl)cc4Cl)c4c(CC)cccc34)NC2=S)cc1. The Balaban J connectivity index is 1.53. The van der Waals surface area contributed by atoms with Gasteiger partial charge in [0, 0.05) is 33.7 Å². The summed E-state index contributed by atoms with van der Waals surface area (Å²) in [5, 5.41) is 5.71. The predicted octanol–water partition coefficient (Wildman–Crippen LogP) is 7.22. The second-order valence-electron chi connectivity index (χ2n) is 8.67. The van der Waals surface area contributed by atoms with E-state index in [0.29, 0.717) is 39.7 Å². The van der Waals surface area contributed by atoms with Crippen LogP contribution in [0.1, 0.15) is 30.5 Å². The van der Waals surface area contributed by atoms with Gasteiger partial charge in [0.15, 0.2) is 5.11 Å². The third kappa shape index (κ3) is 4.97. The monoisotopic (exact) mass is 549 g/mol. The number of nitrogens with zero attached hydrogens (tertiary/aromatic N) is 2. The number of hydrogen-bond donors (Lipinski definition) is 1. The predicted molar refractivity (Wildman–Crippen MR) is 156 cm³/mol. The number of thiocarbonyl (C=S) groups is 1. The summed E-state index contributed by atoms with van der Waals surface area (Å²) in [5.41, 5.74) is 5.31. The Hall–Kier alpha value is -3.32. The number of fused-ring (bicyclic) bond motifs is 1. The fraction of sp³-hybridized carbons (Fsp3) is 0.172. The highest BCUT2D eigenvalue weighted by Crippen LogP contribution is 2.31. The molecule has 188 valence electrons. The van der Waals surface area contributed by atoms with Crippen LogP contribution in [0.4, 0.5) is 5.69 Å². The summed E-state index contributed by atoms with van der Waals surface area (Å²) in [7, 11) is 0. The van der Waals surface area contributed by atoms with Crippen molar-refractivity contribution >= 4 is 69.1 Å². The highest BCUT2D eigenvalue weighted by Gasteiger charge is 2.32. The maximum absolute atomic E-state index is 13.4. The van der Waals surface area contributed by atoms with Crippen molar-refractivity contribution in [1.29, 1.82) is 0 Å². The van der Waals surface area contributed by atoms with Crippen molar-refractivity contribution in [2.45, 2.75) is 26.8 Å². The molecule has 5 nitrogen and oxygen atoms in total. The van der Waals surface area contributed by atoms with Gasteiger partial charge in [0.05, 0.1) is 17.8 Å². The number of aromatic nitrogens is 1. The molecular weight excluding hydrogens is 525 g/mol. The molecule has 5 rings (SSSR count). The lowest BCUT2D eigenvalue weighted by molar-refractivity contribution is -0.113. The third-order valence-electron chi connectivity index (χ3n) is 6.33. The summed E-state index contributed by atoms with van der Waals surface area (Å²) in [4.78, 5) is 14.9. The average Bonchev–Trinajstić information content (AvgIpc) is 3.37. The van der Waals surface area contributed by atoms with E-state index in [2.05, 4.69) is 35.1 Å². The fourth-order valence-corrected chi connectivity index (χ4v) is 5.37. The molecule has 1 saturated heterocycles. The van der Waals surface area contributed by atoms with E-state index in [1.807, 2.05) is 55.5 Å². The molecule has 0 bridgehead atoms. The largest absolute Gasteiger partial charge is 0.494 e. The molecule has 1 fully saturated rings. The van der Waals surface area contributed by atoms with Gasteiger partial charge in [0.2, 0.25) is 0 Å². The fourth-order valence-electron chi connectivity index (χ4n) is 4.61. The first-order chi connectivity index (χ1) is 17.9. The van der Waals surface area contributed by atoms with E-state index in [0.717, 1.165) is 34.2 Å². The van der Waals surface area contributed by atoms with Gasteiger partial charge in [-0.25, -0.2) is 0 Å². The molecule has 8 heteroatoms. The minimum absolute atomic E-state index is 0.206. The molecule has 0 radical (unpaired) electrons. The molecular formula is C29H25Cl2N3O2S. The highest BCUT2D eigenvalue weighted by molar-refractivity contribution is 7.80. The van der Waals surface area contributed by atoms with E-state index >= 15 is 0 Å². The van der Waals surface area contributed by atoms with Crippen LogP contribution in [0.15, 0.2) is 72.6 Å². The standard InChI is InChI=1S/C29H25Cl2N3O2S/c1-3-18-6-5-7-24-20(17-33(27(18)24)16-19-8-9-21(30)15-25(19)31)14-26-28(35)34(29(37)32-26)22-10-12-23(13-11-22)36-4-2/h5-15,17H,3-4,16H2,1-2H3,(H,32,37)/b26-14-. The minimum atomic E-state index is -0.206. The molecule has 0 unspecified atom stereocenters. The Morgan fingerprint density at radius 1 is 1.03 bits per heavy atom. The lowest BCUT2D eigenvalue weighted by Crippen LogP contribution is -2.30. The highest BCUT2D eigenvalue weighted by atomic mass is 35.5. The van der Waals surface area contributed by atoms with Gasteiger partial charge < -0.3 is 14.6 Å². The van der Waals surface area contributed by atoms with E-state index in [-0.39, 0.29) is 5.91 Å². The second kappa shape index (κ2) is 10.6. The molecule has 4 aromatic rings. The first-order valence-corrected chi connectivity index (χ1v) is 13.2. The number of rotatable bonds is 7. The second-order valence-corrected chi connectivity index (χ2v) is 9.90. The number of aryl methyl sites for hydroxylation is 1. The molecule has 3 aromatic carbocycles. The number of carbonyl (C=O) groups is 1. The summed E-state index contributed by atoms with van der Waals surface area (Å²) in [5.74, 6) is 0.537. The zero-order chi connectivity index (χ0) is 26.1. The first kappa shape index (κ1) is 25.3. The minimum Gasteiger partial charge on any atom is -0.494 e. The number of halogens is 2. The number of hydrogen-bond acceptors (Lipinski definition) is 3. The number of para-hydroxylation sites is 1. The van der Waals surface area contributed by atoms with Crippen LogP contribution in [0.25, 0.3) is 17.0 Å². The molecule has 1 aliphatic rings. The Morgan fingerprint density at radius 2 is 1.81 bits per heavy atom. The van der Waals surface area contributed by atoms with Crippen LogP contribution in [-0.4, -0.2) is 22.2 Å². The van der Waals surface area contributed by atoms with Gasteiger partial charge in [-0.15, -0.1) is 0 Å². The molecule has 1 aliphatic heterocycles. The Kier molecular flexibility index (Phi) is 7.24.